The first kappa shape index (κ1) is 53.7. The van der Waals surface area contributed by atoms with Crippen LogP contribution in [0.1, 0.15) is 106 Å². The Kier molecular flexibility index (Phi) is 17.1. The fraction of sp³-hybridized carbons (Fsp3) is 0.286. The minimum atomic E-state index is -0.951. The van der Waals surface area contributed by atoms with Gasteiger partial charge in [0.2, 0.25) is 11.8 Å². The molecule has 0 aliphatic carbocycles. The Bertz CT molecular complexity index is 3420. The van der Waals surface area contributed by atoms with Crippen LogP contribution in [0.15, 0.2) is 69.4 Å². The van der Waals surface area contributed by atoms with Gasteiger partial charge in [0.05, 0.1) is 51.1 Å². The van der Waals surface area contributed by atoms with Gasteiger partial charge in [-0.15, -0.1) is 68.0 Å². The van der Waals surface area contributed by atoms with Crippen molar-refractivity contribution in [1.29, 1.82) is 0 Å². The summed E-state index contributed by atoms with van der Waals surface area (Å²) in [6.45, 7) is 5.31. The zero-order chi connectivity index (χ0) is 53.5. The highest BCUT2D eigenvalue weighted by Crippen LogP contribution is 2.39. The van der Waals surface area contributed by atoms with Crippen LogP contribution in [0.2, 0.25) is 0 Å². The van der Waals surface area contributed by atoms with Gasteiger partial charge in [-0.25, -0.2) is 39.7 Å². The number of carbonyl (C=O) groups is 6. The van der Waals surface area contributed by atoms with Crippen LogP contribution in [0.4, 0.5) is 0 Å². The Hall–Kier alpha value is -7.11. The lowest BCUT2D eigenvalue weighted by atomic mass is 10.0. The zero-order valence-electron chi connectivity index (χ0n) is 41.0. The molecule has 27 heteroatoms. The normalized spacial score (nSPS) is 16.3. The lowest BCUT2D eigenvalue weighted by molar-refractivity contribution is -0.122. The highest BCUT2D eigenvalue weighted by molar-refractivity contribution is 7.15. The van der Waals surface area contributed by atoms with Gasteiger partial charge in [-0.05, 0) is 30.5 Å². The molecular weight excluding hydrogens is 1090 g/mol. The van der Waals surface area contributed by atoms with Gasteiger partial charge in [0.25, 0.3) is 17.7 Å². The van der Waals surface area contributed by atoms with E-state index in [-0.39, 0.29) is 54.4 Å². The first-order chi connectivity index (χ1) is 36.7. The van der Waals surface area contributed by atoms with E-state index in [1.54, 1.807) is 35.2 Å². The SMILES string of the molecule is CNC(=O)C[C@@H]1NC(=O)c2csc(n2)-c2ccc(-c3nc(C(=O)OC)cs3)nc2-c2csc(n2)-c2csc(n2)[C@H](COCOCc2ccccc2)NC(=O)CNC(=O)c2csc(n2)[C@H](C(C)C)NC(=O)c2nc1sc2C. The fourth-order valence-corrected chi connectivity index (χ4v) is 12.7. The molecule has 0 spiro atoms. The number of aromatic nitrogens is 7. The van der Waals surface area contributed by atoms with Crippen molar-refractivity contribution < 1.29 is 43.0 Å². The van der Waals surface area contributed by atoms with Gasteiger partial charge in [-0.2, -0.15) is 0 Å². The molecule has 0 fully saturated rings. The number of hydrogen-bond donors (Lipinski definition) is 5. The van der Waals surface area contributed by atoms with E-state index < -0.39 is 54.3 Å². The predicted molar refractivity (Wildman–Crippen MR) is 288 cm³/mol. The van der Waals surface area contributed by atoms with Crippen molar-refractivity contribution in [2.45, 2.75) is 51.9 Å². The monoisotopic (exact) mass is 1140 g/mol. The number of nitrogens with one attached hydrogen (secondary N) is 5. The molecule has 0 unspecified atom stereocenters. The van der Waals surface area contributed by atoms with Crippen molar-refractivity contribution in [2.24, 2.45) is 5.92 Å². The molecule has 1 aliphatic heterocycles. The fourth-order valence-electron chi connectivity index (χ4n) is 7.47. The molecule has 10 bridgehead atoms. The predicted octanol–water partition coefficient (Wildman–Crippen LogP) is 7.41. The molecule has 76 heavy (non-hydrogen) atoms. The summed E-state index contributed by atoms with van der Waals surface area (Å²) in [7, 11) is 2.75. The van der Waals surface area contributed by atoms with Crippen LogP contribution in [0.5, 0.6) is 0 Å². The number of amides is 5. The number of carbonyl (C=O) groups excluding carboxylic acids is 6. The molecule has 8 aromatic rings. The second-order valence-electron chi connectivity index (χ2n) is 17.0. The van der Waals surface area contributed by atoms with Crippen LogP contribution < -0.4 is 26.6 Å². The summed E-state index contributed by atoms with van der Waals surface area (Å²) in [4.78, 5) is 114. The van der Waals surface area contributed by atoms with Crippen molar-refractivity contribution in [2.75, 3.05) is 34.1 Å². The van der Waals surface area contributed by atoms with Crippen molar-refractivity contribution in [3.63, 3.8) is 0 Å². The van der Waals surface area contributed by atoms with E-state index in [2.05, 4.69) is 41.5 Å². The molecule has 5 amide bonds. The molecule has 21 nitrogen and oxygen atoms in total. The molecule has 1 aliphatic rings. The summed E-state index contributed by atoms with van der Waals surface area (Å²) in [6, 6.07) is 10.8. The molecule has 5 N–H and O–H groups in total. The van der Waals surface area contributed by atoms with Crippen molar-refractivity contribution >= 4 is 104 Å². The molecule has 1 aromatic carbocycles. The summed E-state index contributed by atoms with van der Waals surface area (Å²) in [6.07, 6.45) is -0.192. The van der Waals surface area contributed by atoms with Gasteiger partial charge in [0, 0.05) is 44.4 Å². The highest BCUT2D eigenvalue weighted by atomic mass is 32.1. The smallest absolute Gasteiger partial charge is 0.357 e. The van der Waals surface area contributed by atoms with E-state index in [0.717, 1.165) is 16.9 Å². The van der Waals surface area contributed by atoms with Gasteiger partial charge in [-0.1, -0.05) is 44.2 Å². The van der Waals surface area contributed by atoms with Crippen molar-refractivity contribution in [3.8, 4) is 43.4 Å². The summed E-state index contributed by atoms with van der Waals surface area (Å²) in [5, 5.41) is 25.1. The maximum atomic E-state index is 14.1. The van der Waals surface area contributed by atoms with Gasteiger partial charge < -0.3 is 40.8 Å². The van der Waals surface area contributed by atoms with Gasteiger partial charge in [0.1, 0.15) is 77.0 Å². The molecule has 0 radical (unpaired) electrons. The molecular formula is C49H46N12O9S6. The number of ether oxygens (including phenoxy) is 3. The Morgan fingerprint density at radius 2 is 1.37 bits per heavy atom. The average Bonchev–Trinajstić information content (AvgIpc) is 4.31. The van der Waals surface area contributed by atoms with E-state index in [9.17, 15) is 28.8 Å². The third-order valence-electron chi connectivity index (χ3n) is 11.3. The second-order valence-corrected chi connectivity index (χ2v) is 22.6. The molecule has 392 valence electrons. The quantitative estimate of drug-likeness (QED) is 0.0479. The van der Waals surface area contributed by atoms with E-state index in [4.69, 9.17) is 34.1 Å². The number of pyridine rings is 1. The number of fused-ring (bicyclic) bond motifs is 14. The molecule has 9 rings (SSSR count). The standard InChI is InChI=1S/C49H46N12O9S6/c1-23(2)37-48-57-31(18-75-48)40(64)51-14-36(63)52-29(16-70-22-69-15-25-9-7-6-8-10-25)45-58-33(20-73-45)46-55-30(17-72-46)39-26(11-12-27(53-39)44-59-34(21-74-44)49(67)68-5)43-56-32(19-71-43)41(65)54-28(13-35(62)50-4)47-61-38(24(3)76-47)42(66)60-37/h6-12,17-21,23,28-29,37H,13-16,22H2,1-5H3,(H,50,62)(H,51,64)(H,52,63)(H,54,65)(H,60,66)/t28-,29-,37-/m0/s1. The Balaban J connectivity index is 1.08. The third-order valence-corrected chi connectivity index (χ3v) is 16.9. The lowest BCUT2D eigenvalue weighted by Crippen LogP contribution is -2.40. The van der Waals surface area contributed by atoms with E-state index in [0.29, 0.717) is 69.9 Å². The summed E-state index contributed by atoms with van der Waals surface area (Å²) in [5.41, 5.74) is 3.57. The minimum Gasteiger partial charge on any atom is -0.464 e. The topological polar surface area (TPSA) is 280 Å². The van der Waals surface area contributed by atoms with Crippen molar-refractivity contribution in [1.82, 2.24) is 61.5 Å². The number of nitrogens with zero attached hydrogens (tertiary/aromatic N) is 7. The van der Waals surface area contributed by atoms with Crippen LogP contribution in [-0.4, -0.2) is 104 Å². The Morgan fingerprint density at radius 3 is 2.16 bits per heavy atom. The first-order valence-corrected chi connectivity index (χ1v) is 28.4. The first-order valence-electron chi connectivity index (χ1n) is 23.2. The summed E-state index contributed by atoms with van der Waals surface area (Å²) < 4.78 is 16.6. The number of benzene rings is 1. The second kappa shape index (κ2) is 24.3. The van der Waals surface area contributed by atoms with E-state index in [1.807, 2.05) is 54.9 Å². The number of thiazole rings is 6. The number of aryl methyl sites for hydroxylation is 1. The number of methoxy groups -OCH3 is 1. The van der Waals surface area contributed by atoms with Crippen LogP contribution in [0.25, 0.3) is 43.4 Å². The largest absolute Gasteiger partial charge is 0.464 e. The maximum Gasteiger partial charge on any atom is 0.357 e. The molecule has 8 heterocycles. The summed E-state index contributed by atoms with van der Waals surface area (Å²) >= 11 is 7.32. The lowest BCUT2D eigenvalue weighted by Gasteiger charge is -2.20. The average molecular weight is 1140 g/mol. The maximum absolute atomic E-state index is 14.1. The highest BCUT2D eigenvalue weighted by Gasteiger charge is 2.30. The number of hydrogen-bond acceptors (Lipinski definition) is 22. The molecule has 3 atom stereocenters. The van der Waals surface area contributed by atoms with E-state index >= 15 is 0 Å². The third kappa shape index (κ3) is 12.6. The minimum absolute atomic E-state index is 0.0267. The Labute approximate surface area is 458 Å². The zero-order valence-corrected chi connectivity index (χ0v) is 45.9. The number of esters is 1. The van der Waals surface area contributed by atoms with Crippen molar-refractivity contribution in [3.05, 3.63) is 118 Å². The van der Waals surface area contributed by atoms with Gasteiger partial charge in [0.15, 0.2) is 5.69 Å². The molecule has 7 aromatic heterocycles. The van der Waals surface area contributed by atoms with Gasteiger partial charge >= 0.3 is 5.97 Å². The van der Waals surface area contributed by atoms with Crippen LogP contribution in [0.3, 0.4) is 0 Å². The summed E-state index contributed by atoms with van der Waals surface area (Å²) in [5.74, 6) is -3.41. The molecule has 0 saturated carbocycles. The molecule has 0 saturated heterocycles. The van der Waals surface area contributed by atoms with Crippen LogP contribution in [0, 0.1) is 12.8 Å². The number of rotatable bonds is 11. The van der Waals surface area contributed by atoms with E-state index in [1.165, 1.54) is 70.8 Å². The van der Waals surface area contributed by atoms with Crippen LogP contribution >= 0.6 is 68.0 Å². The Morgan fingerprint density at radius 1 is 0.671 bits per heavy atom. The van der Waals surface area contributed by atoms with Crippen LogP contribution in [-0.2, 0) is 30.4 Å². The van der Waals surface area contributed by atoms with Gasteiger partial charge in [-0.3, -0.25) is 24.0 Å².